The Morgan fingerprint density at radius 1 is 1.24 bits per heavy atom. The number of carbonyl (C=O) groups is 2. The molecule has 0 unspecified atom stereocenters. The number of pyridine rings is 2. The van der Waals surface area contributed by atoms with E-state index in [0.717, 1.165) is 17.7 Å². The van der Waals surface area contributed by atoms with Crippen LogP contribution in [0.4, 0.5) is 30.4 Å². The molecule has 1 N–H and O–H groups in total. The molecule has 0 spiro atoms. The number of nitrogens with one attached hydrogen (secondary N) is 1. The lowest BCUT2D eigenvalue weighted by atomic mass is 10.1. The van der Waals surface area contributed by atoms with E-state index >= 15 is 0 Å². The van der Waals surface area contributed by atoms with Crippen LogP contribution in [0.1, 0.15) is 40.8 Å². The first-order valence-corrected chi connectivity index (χ1v) is 13.0. The van der Waals surface area contributed by atoms with Gasteiger partial charge in [0.1, 0.15) is 23.5 Å². The molecule has 4 rings (SSSR count). The highest BCUT2D eigenvalue weighted by Gasteiger charge is 2.40. The Kier molecular flexibility index (Phi) is 8.92. The van der Waals surface area contributed by atoms with Crippen molar-refractivity contribution in [2.24, 2.45) is 0 Å². The lowest BCUT2D eigenvalue weighted by molar-refractivity contribution is -0.137. The molecule has 11 heteroatoms. The van der Waals surface area contributed by atoms with Crippen LogP contribution < -0.4 is 15.1 Å². The predicted octanol–water partition coefficient (Wildman–Crippen LogP) is 5.16. The molecular weight excluding hydrogens is 545 g/mol. The second-order valence-corrected chi connectivity index (χ2v) is 9.69. The molecule has 0 aliphatic carbocycles. The number of anilines is 3. The number of alkyl halides is 3. The zero-order valence-corrected chi connectivity index (χ0v) is 23.0. The summed E-state index contributed by atoms with van der Waals surface area (Å²) in [5, 5.41) is 12.3. The number of amides is 2. The minimum atomic E-state index is -4.75. The van der Waals surface area contributed by atoms with Crippen LogP contribution in [0.25, 0.3) is 0 Å². The molecule has 3 heterocycles. The molecule has 214 valence electrons. The fraction of sp³-hybridized carbons (Fsp3) is 0.258. The Bertz CT molecular complexity index is 1630. The Morgan fingerprint density at radius 2 is 2.02 bits per heavy atom. The second kappa shape index (κ2) is 12.6. The van der Waals surface area contributed by atoms with Gasteiger partial charge in [-0.05, 0) is 62.6 Å². The van der Waals surface area contributed by atoms with Gasteiger partial charge < -0.3 is 10.2 Å². The molecule has 0 bridgehead atoms. The highest BCUT2D eigenvalue weighted by atomic mass is 19.4. The van der Waals surface area contributed by atoms with Gasteiger partial charge in [-0.2, -0.15) is 18.4 Å². The van der Waals surface area contributed by atoms with Crippen molar-refractivity contribution in [1.29, 1.82) is 5.26 Å². The molecule has 1 fully saturated rings. The maximum Gasteiger partial charge on any atom is 0.417 e. The lowest BCUT2D eigenvalue weighted by Gasteiger charge is -2.31. The number of aryl methyl sites for hydroxylation is 2. The second-order valence-electron chi connectivity index (χ2n) is 9.69. The van der Waals surface area contributed by atoms with Gasteiger partial charge in [-0.25, -0.2) is 4.98 Å². The van der Waals surface area contributed by atoms with Crippen molar-refractivity contribution in [1.82, 2.24) is 9.97 Å². The topological polar surface area (TPSA) is 102 Å². The quantitative estimate of drug-likeness (QED) is 0.323. The number of aromatic nitrogens is 2. The molecule has 1 aromatic carbocycles. The van der Waals surface area contributed by atoms with Crippen LogP contribution in [0.3, 0.4) is 0 Å². The monoisotopic (exact) mass is 572 g/mol. The minimum absolute atomic E-state index is 0.0317. The van der Waals surface area contributed by atoms with Gasteiger partial charge in [0.05, 0.1) is 24.0 Å². The third kappa shape index (κ3) is 6.76. The van der Waals surface area contributed by atoms with Crippen molar-refractivity contribution in [2.75, 3.05) is 28.2 Å². The van der Waals surface area contributed by atoms with Crippen molar-refractivity contribution in [3.05, 3.63) is 89.4 Å². The summed E-state index contributed by atoms with van der Waals surface area (Å²) < 4.78 is 41.4. The molecule has 0 radical (unpaired) electrons. The Hall–Kier alpha value is -5.16. The van der Waals surface area contributed by atoms with E-state index in [9.17, 15) is 28.0 Å². The highest BCUT2D eigenvalue weighted by molar-refractivity contribution is 6.00. The average Bonchev–Trinajstić information content (AvgIpc) is 3.44. The standard InChI is InChI=1S/C31H27F3N6O2/c1-4-28(41)38-23-16-22(18-36-19-23)9-6-12-39(24-10-5-8-20(2)14-24)30(42)27-11-7-13-40(27)29-25(17-35)26(31(32,33)34)15-21(3)37-29/h4-5,8,10,14-16,18-19,27H,1,7,11-13H2,2-3H3,(H,38,41)/t27-/m0/s1. The van der Waals surface area contributed by atoms with E-state index in [1.54, 1.807) is 24.3 Å². The maximum absolute atomic E-state index is 14.1. The Labute approximate surface area is 241 Å². The maximum atomic E-state index is 14.1. The van der Waals surface area contributed by atoms with E-state index in [4.69, 9.17) is 0 Å². The first-order valence-electron chi connectivity index (χ1n) is 13.0. The Morgan fingerprint density at radius 3 is 2.71 bits per heavy atom. The van der Waals surface area contributed by atoms with Crippen molar-refractivity contribution in [2.45, 2.75) is 38.9 Å². The van der Waals surface area contributed by atoms with Crippen LogP contribution in [0.5, 0.6) is 0 Å². The molecule has 1 saturated heterocycles. The summed E-state index contributed by atoms with van der Waals surface area (Å²) in [5.41, 5.74) is 0.808. The summed E-state index contributed by atoms with van der Waals surface area (Å²) in [5.74, 6) is 5.00. The summed E-state index contributed by atoms with van der Waals surface area (Å²) in [7, 11) is 0. The number of rotatable bonds is 6. The number of halogens is 3. The van der Waals surface area contributed by atoms with Crippen LogP contribution in [0, 0.1) is 37.0 Å². The highest BCUT2D eigenvalue weighted by Crippen LogP contribution is 2.38. The molecule has 8 nitrogen and oxygen atoms in total. The largest absolute Gasteiger partial charge is 0.417 e. The third-order valence-electron chi connectivity index (χ3n) is 6.60. The predicted molar refractivity (Wildman–Crippen MR) is 153 cm³/mol. The van der Waals surface area contributed by atoms with Gasteiger partial charge in [0.2, 0.25) is 5.91 Å². The molecule has 1 aliphatic heterocycles. The van der Waals surface area contributed by atoms with Gasteiger partial charge in [-0.1, -0.05) is 30.6 Å². The summed E-state index contributed by atoms with van der Waals surface area (Å²) in [6.45, 7) is 6.95. The van der Waals surface area contributed by atoms with Crippen LogP contribution in [0.15, 0.2) is 61.4 Å². The Balaban J connectivity index is 1.68. The van der Waals surface area contributed by atoms with Crippen molar-refractivity contribution < 1.29 is 22.8 Å². The van der Waals surface area contributed by atoms with Crippen molar-refractivity contribution >= 4 is 29.0 Å². The fourth-order valence-corrected chi connectivity index (χ4v) is 4.74. The van der Waals surface area contributed by atoms with Gasteiger partial charge in [-0.3, -0.25) is 19.5 Å². The molecular formula is C31H27F3N6O2. The summed E-state index contributed by atoms with van der Waals surface area (Å²) in [4.78, 5) is 37.0. The molecule has 2 aromatic heterocycles. The summed E-state index contributed by atoms with van der Waals surface area (Å²) in [6.07, 6.45) is 0.246. The molecule has 42 heavy (non-hydrogen) atoms. The SMILES string of the molecule is C=CC(=O)Nc1cncc(C#CCN(C(=O)[C@@H]2CCCN2c2nc(C)cc(C(F)(F)F)c2C#N)c2cccc(C)c2)c1. The molecule has 0 saturated carbocycles. The van der Waals surface area contributed by atoms with Crippen LogP contribution >= 0.6 is 0 Å². The molecule has 3 aromatic rings. The number of hydrogen-bond acceptors (Lipinski definition) is 6. The minimum Gasteiger partial charge on any atom is -0.343 e. The number of hydrogen-bond donors (Lipinski definition) is 1. The first kappa shape index (κ1) is 29.8. The van der Waals surface area contributed by atoms with Gasteiger partial charge in [0.15, 0.2) is 0 Å². The first-order chi connectivity index (χ1) is 20.0. The van der Waals surface area contributed by atoms with Crippen LogP contribution in [0.2, 0.25) is 0 Å². The van der Waals surface area contributed by atoms with Crippen LogP contribution in [-0.4, -0.2) is 40.9 Å². The number of nitrogens with zero attached hydrogens (tertiary/aromatic N) is 5. The molecule has 1 aliphatic rings. The van der Waals surface area contributed by atoms with E-state index in [1.807, 2.05) is 19.1 Å². The fourth-order valence-electron chi connectivity index (χ4n) is 4.74. The normalized spacial score (nSPS) is 14.4. The van der Waals surface area contributed by atoms with Crippen LogP contribution in [-0.2, 0) is 15.8 Å². The summed E-state index contributed by atoms with van der Waals surface area (Å²) >= 11 is 0. The van der Waals surface area contributed by atoms with E-state index in [-0.39, 0.29) is 30.5 Å². The van der Waals surface area contributed by atoms with Gasteiger partial charge in [0.25, 0.3) is 5.91 Å². The van der Waals surface area contributed by atoms with Gasteiger partial charge in [-0.15, -0.1) is 0 Å². The number of nitriles is 1. The number of benzene rings is 1. The van der Waals surface area contributed by atoms with Gasteiger partial charge in [0, 0.05) is 29.7 Å². The third-order valence-corrected chi connectivity index (χ3v) is 6.60. The average molecular weight is 573 g/mol. The molecule has 1 atom stereocenters. The van der Waals surface area contributed by atoms with E-state index < -0.39 is 29.3 Å². The zero-order valence-electron chi connectivity index (χ0n) is 23.0. The van der Waals surface area contributed by atoms with Crippen molar-refractivity contribution in [3.63, 3.8) is 0 Å². The van der Waals surface area contributed by atoms with Gasteiger partial charge >= 0.3 is 6.18 Å². The number of carbonyl (C=O) groups excluding carboxylic acids is 2. The lowest BCUT2D eigenvalue weighted by Crippen LogP contribution is -2.47. The smallest absolute Gasteiger partial charge is 0.343 e. The van der Waals surface area contributed by atoms with E-state index in [0.29, 0.717) is 29.8 Å². The zero-order chi connectivity index (χ0) is 30.4. The van der Waals surface area contributed by atoms with Crippen molar-refractivity contribution in [3.8, 4) is 17.9 Å². The van der Waals surface area contributed by atoms with E-state index in [1.165, 1.54) is 29.1 Å². The molecule has 2 amide bonds. The summed E-state index contributed by atoms with van der Waals surface area (Å²) in [6, 6.07) is 10.5. The van der Waals surface area contributed by atoms with E-state index in [2.05, 4.69) is 33.7 Å².